The molecular weight excluding hydrogens is 328 g/mol. The Morgan fingerprint density at radius 1 is 1.17 bits per heavy atom. The van der Waals surface area contributed by atoms with E-state index in [0.717, 1.165) is 5.69 Å². The van der Waals surface area contributed by atoms with E-state index in [1.54, 1.807) is 30.1 Å². The highest BCUT2D eigenvalue weighted by molar-refractivity contribution is 6.33. The zero-order valence-electron chi connectivity index (χ0n) is 13.6. The van der Waals surface area contributed by atoms with Crippen LogP contribution in [0.5, 0.6) is 0 Å². The summed E-state index contributed by atoms with van der Waals surface area (Å²) in [6, 6.07) is 14.2. The highest BCUT2D eigenvalue weighted by Gasteiger charge is 2.12. The Hall–Kier alpha value is -2.53. The first kappa shape index (κ1) is 17.8. The Kier molecular flexibility index (Phi) is 6.21. The summed E-state index contributed by atoms with van der Waals surface area (Å²) in [5.41, 5.74) is 1.83. The molecule has 0 aliphatic heterocycles. The number of methoxy groups -OCH3 is 1. The topological polar surface area (TPSA) is 58.6 Å². The van der Waals surface area contributed by atoms with E-state index in [0.29, 0.717) is 29.2 Å². The van der Waals surface area contributed by atoms with Crippen LogP contribution in [0.3, 0.4) is 0 Å². The van der Waals surface area contributed by atoms with Crippen LogP contribution in [0.15, 0.2) is 48.5 Å². The molecule has 0 bridgehead atoms. The molecule has 0 aliphatic carbocycles. The lowest BCUT2D eigenvalue weighted by atomic mass is 10.2. The van der Waals surface area contributed by atoms with Gasteiger partial charge in [-0.2, -0.15) is 0 Å². The second-order valence-corrected chi connectivity index (χ2v) is 5.56. The van der Waals surface area contributed by atoms with E-state index in [9.17, 15) is 9.59 Å². The van der Waals surface area contributed by atoms with Gasteiger partial charge < -0.3 is 15.0 Å². The molecule has 0 saturated carbocycles. The second kappa shape index (κ2) is 8.36. The highest BCUT2D eigenvalue weighted by atomic mass is 35.5. The number of carbonyl (C=O) groups is 2. The predicted molar refractivity (Wildman–Crippen MR) is 95.8 cm³/mol. The zero-order valence-corrected chi connectivity index (χ0v) is 14.3. The van der Waals surface area contributed by atoms with Crippen molar-refractivity contribution in [1.29, 1.82) is 0 Å². The molecule has 6 heteroatoms. The van der Waals surface area contributed by atoms with E-state index < -0.39 is 5.97 Å². The minimum atomic E-state index is -0.436. The van der Waals surface area contributed by atoms with Crippen LogP contribution >= 0.6 is 11.6 Å². The summed E-state index contributed by atoms with van der Waals surface area (Å²) in [6.07, 6.45) is 0.296. The third kappa shape index (κ3) is 4.49. The van der Waals surface area contributed by atoms with E-state index in [-0.39, 0.29) is 5.91 Å². The second-order valence-electron chi connectivity index (χ2n) is 5.15. The third-order valence-electron chi connectivity index (χ3n) is 3.56. The largest absolute Gasteiger partial charge is 0.465 e. The van der Waals surface area contributed by atoms with Crippen LogP contribution in [0, 0.1) is 0 Å². The number of nitrogens with zero attached hydrogens (tertiary/aromatic N) is 1. The number of carbonyl (C=O) groups excluding carboxylic acids is 2. The molecule has 0 atom stereocenters. The number of benzene rings is 2. The van der Waals surface area contributed by atoms with Gasteiger partial charge in [-0.25, -0.2) is 4.79 Å². The monoisotopic (exact) mass is 346 g/mol. The van der Waals surface area contributed by atoms with E-state index in [1.165, 1.54) is 7.11 Å². The Morgan fingerprint density at radius 2 is 1.88 bits per heavy atom. The lowest BCUT2D eigenvalue weighted by molar-refractivity contribution is -0.118. The number of esters is 1. The van der Waals surface area contributed by atoms with Crippen molar-refractivity contribution in [2.75, 3.05) is 30.9 Å². The minimum Gasteiger partial charge on any atom is -0.465 e. The van der Waals surface area contributed by atoms with Crippen molar-refractivity contribution in [2.45, 2.75) is 6.42 Å². The van der Waals surface area contributed by atoms with Gasteiger partial charge in [0.1, 0.15) is 0 Å². The van der Waals surface area contributed by atoms with E-state index in [2.05, 4.69) is 10.1 Å². The van der Waals surface area contributed by atoms with Crippen molar-refractivity contribution >= 4 is 34.9 Å². The van der Waals surface area contributed by atoms with Gasteiger partial charge in [0.05, 0.1) is 23.4 Å². The first-order valence-electron chi connectivity index (χ1n) is 7.46. The molecule has 0 unspecified atom stereocenters. The summed E-state index contributed by atoms with van der Waals surface area (Å²) in [5, 5.41) is 3.56. The lowest BCUT2D eigenvalue weighted by Gasteiger charge is -2.17. The molecule has 2 rings (SSSR count). The van der Waals surface area contributed by atoms with Gasteiger partial charge in [-0.3, -0.25) is 4.79 Å². The van der Waals surface area contributed by atoms with Gasteiger partial charge in [0.2, 0.25) is 5.91 Å². The minimum absolute atomic E-state index is 0.0195. The molecule has 0 saturated heterocycles. The first-order valence-corrected chi connectivity index (χ1v) is 7.84. The quantitative estimate of drug-likeness (QED) is 0.812. The molecule has 5 nitrogen and oxygen atoms in total. The van der Waals surface area contributed by atoms with E-state index in [1.807, 2.05) is 30.3 Å². The smallest absolute Gasteiger partial charge is 0.337 e. The fourth-order valence-corrected chi connectivity index (χ4v) is 2.36. The normalized spacial score (nSPS) is 10.1. The van der Waals surface area contributed by atoms with Crippen LogP contribution in [0.25, 0.3) is 0 Å². The Labute approximate surface area is 146 Å². The molecule has 2 aromatic rings. The van der Waals surface area contributed by atoms with Gasteiger partial charge in [0.25, 0.3) is 0 Å². The molecule has 2 aromatic carbocycles. The van der Waals surface area contributed by atoms with Crippen LogP contribution < -0.4 is 10.2 Å². The average molecular weight is 347 g/mol. The van der Waals surface area contributed by atoms with Crippen LogP contribution in [0.1, 0.15) is 16.8 Å². The van der Waals surface area contributed by atoms with Gasteiger partial charge in [-0.1, -0.05) is 29.8 Å². The number of para-hydroxylation sites is 1. The molecule has 0 spiro atoms. The van der Waals surface area contributed by atoms with Gasteiger partial charge >= 0.3 is 5.97 Å². The molecule has 0 aliphatic rings. The van der Waals surface area contributed by atoms with Crippen LogP contribution in [-0.2, 0) is 9.53 Å². The number of anilines is 2. The maximum Gasteiger partial charge on any atom is 0.337 e. The number of halogens is 1. The molecule has 0 aromatic heterocycles. The zero-order chi connectivity index (χ0) is 17.5. The van der Waals surface area contributed by atoms with Crippen LogP contribution in [0.2, 0.25) is 5.02 Å². The van der Waals surface area contributed by atoms with Crippen molar-refractivity contribution in [3.63, 3.8) is 0 Å². The molecule has 1 N–H and O–H groups in total. The Morgan fingerprint density at radius 3 is 2.54 bits per heavy atom. The molecule has 0 radical (unpaired) electrons. The van der Waals surface area contributed by atoms with Crippen molar-refractivity contribution in [3.05, 3.63) is 59.1 Å². The van der Waals surface area contributed by atoms with Crippen molar-refractivity contribution in [2.24, 2.45) is 0 Å². The van der Waals surface area contributed by atoms with Gasteiger partial charge in [0, 0.05) is 25.7 Å². The maximum absolute atomic E-state index is 12.2. The van der Waals surface area contributed by atoms with Crippen molar-refractivity contribution in [1.82, 2.24) is 0 Å². The average Bonchev–Trinajstić information content (AvgIpc) is 2.62. The number of amides is 1. The van der Waals surface area contributed by atoms with Crippen LogP contribution in [-0.4, -0.2) is 32.6 Å². The van der Waals surface area contributed by atoms with Crippen LogP contribution in [0.4, 0.5) is 11.4 Å². The lowest BCUT2D eigenvalue weighted by Crippen LogP contribution is -2.27. The fraction of sp³-hybridized carbons (Fsp3) is 0.222. The van der Waals surface area contributed by atoms with E-state index >= 15 is 0 Å². The maximum atomic E-state index is 12.2. The standard InChI is InChI=1S/C18H19ClN2O3/c1-21(14-6-4-3-5-7-14)17(22)10-11-20-16-12-13(18(23)24-2)8-9-15(16)19/h3-9,12,20H,10-11H2,1-2H3. The number of ether oxygens (including phenoxy) is 1. The van der Waals surface area contributed by atoms with Crippen molar-refractivity contribution < 1.29 is 14.3 Å². The predicted octanol–water partition coefficient (Wildman–Crippen LogP) is 3.59. The summed E-state index contributed by atoms with van der Waals surface area (Å²) in [5.74, 6) is -0.455. The molecule has 24 heavy (non-hydrogen) atoms. The van der Waals surface area contributed by atoms with Gasteiger partial charge in [0.15, 0.2) is 0 Å². The molecule has 1 amide bonds. The summed E-state index contributed by atoms with van der Waals surface area (Å²) < 4.78 is 4.68. The SMILES string of the molecule is COC(=O)c1ccc(Cl)c(NCCC(=O)N(C)c2ccccc2)c1. The number of hydrogen-bond acceptors (Lipinski definition) is 4. The molecule has 0 fully saturated rings. The summed E-state index contributed by atoms with van der Waals surface area (Å²) in [7, 11) is 3.06. The van der Waals surface area contributed by atoms with Gasteiger partial charge in [-0.15, -0.1) is 0 Å². The Bertz CT molecular complexity index is 719. The molecule has 0 heterocycles. The van der Waals surface area contributed by atoms with Crippen molar-refractivity contribution in [3.8, 4) is 0 Å². The summed E-state index contributed by atoms with van der Waals surface area (Å²) in [4.78, 5) is 25.4. The third-order valence-corrected chi connectivity index (χ3v) is 3.89. The molecule has 126 valence electrons. The molecular formula is C18H19ClN2O3. The highest BCUT2D eigenvalue weighted by Crippen LogP contribution is 2.23. The summed E-state index contributed by atoms with van der Waals surface area (Å²) in [6.45, 7) is 0.403. The summed E-state index contributed by atoms with van der Waals surface area (Å²) >= 11 is 6.11. The fourth-order valence-electron chi connectivity index (χ4n) is 2.17. The van der Waals surface area contributed by atoms with E-state index in [4.69, 9.17) is 11.6 Å². The first-order chi connectivity index (χ1) is 11.5. The number of nitrogens with one attached hydrogen (secondary N) is 1. The van der Waals surface area contributed by atoms with Gasteiger partial charge in [-0.05, 0) is 30.3 Å². The number of rotatable bonds is 6. The Balaban J connectivity index is 1.94. The number of hydrogen-bond donors (Lipinski definition) is 1.